The Hall–Kier alpha value is -2.78. The summed E-state index contributed by atoms with van der Waals surface area (Å²) >= 11 is 6.38. The zero-order valence-corrected chi connectivity index (χ0v) is 20.4. The van der Waals surface area contributed by atoms with Crippen molar-refractivity contribution in [1.82, 2.24) is 9.97 Å². The lowest BCUT2D eigenvalue weighted by Crippen LogP contribution is -2.44. The number of carbonyl (C=O) groups is 1. The average molecular weight is 491 g/mol. The summed E-state index contributed by atoms with van der Waals surface area (Å²) in [4.78, 5) is 24.2. The number of anilines is 2. The number of pyridine rings is 2. The highest BCUT2D eigenvalue weighted by Gasteiger charge is 2.34. The van der Waals surface area contributed by atoms with Crippen molar-refractivity contribution in [3.05, 3.63) is 35.6 Å². The lowest BCUT2D eigenvalue weighted by atomic mass is 9.96. The van der Waals surface area contributed by atoms with E-state index in [1.54, 1.807) is 26.6 Å². The van der Waals surface area contributed by atoms with Crippen molar-refractivity contribution in [2.45, 2.75) is 44.4 Å². The number of aliphatic carboxylic acids is 1. The Labute approximate surface area is 204 Å². The summed E-state index contributed by atoms with van der Waals surface area (Å²) in [6.45, 7) is 4.39. The van der Waals surface area contributed by atoms with Crippen LogP contribution in [0.15, 0.2) is 30.6 Å². The van der Waals surface area contributed by atoms with Gasteiger partial charge < -0.3 is 29.1 Å². The first-order valence-electron chi connectivity index (χ1n) is 11.5. The molecule has 4 atom stereocenters. The molecule has 34 heavy (non-hydrogen) atoms. The van der Waals surface area contributed by atoms with E-state index in [1.165, 1.54) is 0 Å². The molecule has 4 heterocycles. The van der Waals surface area contributed by atoms with Gasteiger partial charge in [0.15, 0.2) is 0 Å². The summed E-state index contributed by atoms with van der Waals surface area (Å²) < 4.78 is 16.9. The van der Waals surface area contributed by atoms with Gasteiger partial charge in [-0.05, 0) is 12.5 Å². The van der Waals surface area contributed by atoms with Crippen LogP contribution in [0.5, 0.6) is 11.8 Å². The number of aromatic nitrogens is 2. The Balaban J connectivity index is 1.38. The number of nitrogens with zero attached hydrogens (tertiary/aromatic N) is 4. The molecule has 0 aliphatic carbocycles. The minimum absolute atomic E-state index is 0.0141. The zero-order chi connectivity index (χ0) is 24.2. The lowest BCUT2D eigenvalue weighted by molar-refractivity contribution is -0.137. The molecule has 0 aromatic carbocycles. The fraction of sp³-hybridized carbons (Fsp3) is 0.542. The number of piperidine rings is 1. The minimum Gasteiger partial charge on any atom is -0.481 e. The van der Waals surface area contributed by atoms with Crippen molar-refractivity contribution in [1.29, 1.82) is 0 Å². The van der Waals surface area contributed by atoms with Gasteiger partial charge >= 0.3 is 5.97 Å². The van der Waals surface area contributed by atoms with Gasteiger partial charge in [-0.2, -0.15) is 0 Å². The van der Waals surface area contributed by atoms with Gasteiger partial charge in [-0.25, -0.2) is 9.97 Å². The van der Waals surface area contributed by atoms with Crippen LogP contribution >= 0.6 is 11.6 Å². The van der Waals surface area contributed by atoms with Crippen LogP contribution in [-0.2, 0) is 9.53 Å². The van der Waals surface area contributed by atoms with Gasteiger partial charge in [0.1, 0.15) is 6.10 Å². The molecule has 2 aliphatic heterocycles. The van der Waals surface area contributed by atoms with Crippen molar-refractivity contribution in [3.8, 4) is 11.8 Å². The minimum atomic E-state index is -0.813. The molecule has 10 heteroatoms. The molecule has 1 N–H and O–H groups in total. The third-order valence-corrected chi connectivity index (χ3v) is 6.92. The van der Waals surface area contributed by atoms with Crippen LogP contribution in [0.1, 0.15) is 26.2 Å². The fourth-order valence-electron chi connectivity index (χ4n) is 4.80. The molecule has 2 aliphatic rings. The second kappa shape index (κ2) is 10.7. The largest absolute Gasteiger partial charge is 0.481 e. The van der Waals surface area contributed by atoms with E-state index in [0.717, 1.165) is 30.9 Å². The quantitative estimate of drug-likeness (QED) is 0.596. The third kappa shape index (κ3) is 5.47. The van der Waals surface area contributed by atoms with Gasteiger partial charge in [0.05, 0.1) is 48.4 Å². The molecule has 0 spiro atoms. The van der Waals surface area contributed by atoms with Gasteiger partial charge in [0, 0.05) is 57.3 Å². The van der Waals surface area contributed by atoms with E-state index in [0.29, 0.717) is 29.7 Å². The number of carboxylic acid groups (broad SMARTS) is 1. The van der Waals surface area contributed by atoms with Crippen LogP contribution in [-0.4, -0.2) is 73.1 Å². The Morgan fingerprint density at radius 2 is 2.00 bits per heavy atom. The summed E-state index contributed by atoms with van der Waals surface area (Å²) in [6.07, 6.45) is 5.00. The maximum absolute atomic E-state index is 11.3. The van der Waals surface area contributed by atoms with Gasteiger partial charge in [-0.3, -0.25) is 4.79 Å². The molecule has 0 amide bonds. The maximum atomic E-state index is 11.3. The fourth-order valence-corrected chi connectivity index (χ4v) is 5.03. The summed E-state index contributed by atoms with van der Waals surface area (Å²) in [5, 5.41) is 9.86. The molecule has 184 valence electrons. The van der Waals surface area contributed by atoms with E-state index in [1.807, 2.05) is 18.2 Å². The second-order valence-corrected chi connectivity index (χ2v) is 9.31. The van der Waals surface area contributed by atoms with E-state index in [9.17, 15) is 9.90 Å². The van der Waals surface area contributed by atoms with Crippen LogP contribution < -0.4 is 19.3 Å². The number of methoxy groups -OCH3 is 2. The van der Waals surface area contributed by atoms with Crippen LogP contribution in [0.4, 0.5) is 11.4 Å². The highest BCUT2D eigenvalue weighted by atomic mass is 35.5. The highest BCUT2D eigenvalue weighted by molar-refractivity contribution is 6.33. The van der Waals surface area contributed by atoms with Crippen LogP contribution in [0.2, 0.25) is 5.02 Å². The molecule has 0 bridgehead atoms. The van der Waals surface area contributed by atoms with Gasteiger partial charge in [-0.15, -0.1) is 0 Å². The third-order valence-electron chi connectivity index (χ3n) is 6.63. The van der Waals surface area contributed by atoms with E-state index in [-0.39, 0.29) is 30.6 Å². The van der Waals surface area contributed by atoms with E-state index in [4.69, 9.17) is 25.8 Å². The van der Waals surface area contributed by atoms with Crippen LogP contribution in [0.3, 0.4) is 0 Å². The SMILES string of the molecule is COc1cc(N2CCC(Oc3ccc(N4C[C@H](OC)C[C@@H]4CC(=O)O)cn3)C(C)C2)c(Cl)cn1. The van der Waals surface area contributed by atoms with Gasteiger partial charge in [0.25, 0.3) is 0 Å². The lowest BCUT2D eigenvalue weighted by Gasteiger charge is -2.38. The molecule has 2 saturated heterocycles. The Morgan fingerprint density at radius 3 is 2.65 bits per heavy atom. The van der Waals surface area contributed by atoms with Crippen molar-refractivity contribution < 1.29 is 24.1 Å². The normalized spacial score (nSPS) is 24.8. The number of rotatable bonds is 8. The monoisotopic (exact) mass is 490 g/mol. The number of hydrogen-bond donors (Lipinski definition) is 1. The molecular weight excluding hydrogens is 460 g/mol. The first-order valence-corrected chi connectivity index (χ1v) is 11.8. The maximum Gasteiger partial charge on any atom is 0.305 e. The van der Waals surface area contributed by atoms with Crippen molar-refractivity contribution in [3.63, 3.8) is 0 Å². The predicted molar refractivity (Wildman–Crippen MR) is 129 cm³/mol. The molecule has 2 aromatic rings. The second-order valence-electron chi connectivity index (χ2n) is 8.90. The molecule has 2 unspecified atom stereocenters. The molecule has 0 radical (unpaired) electrons. The Morgan fingerprint density at radius 1 is 1.21 bits per heavy atom. The Kier molecular flexibility index (Phi) is 7.63. The standard InChI is InChI=1S/C24H31ClN4O5/c1-15-13-28(20-10-23(33-3)27-12-19(20)25)7-6-21(15)34-22-5-4-16(11-26-22)29-14-18(32-2)8-17(29)9-24(30)31/h4-5,10-12,15,17-18,21H,6-9,13-14H2,1-3H3,(H,30,31)/t15?,17-,18-,21?/m1/s1. The highest BCUT2D eigenvalue weighted by Crippen LogP contribution is 2.33. The summed E-state index contributed by atoms with van der Waals surface area (Å²) in [5.74, 6) is 0.544. The summed E-state index contributed by atoms with van der Waals surface area (Å²) in [7, 11) is 3.25. The Bertz CT molecular complexity index is 992. The molecule has 2 fully saturated rings. The van der Waals surface area contributed by atoms with Crippen LogP contribution in [0.25, 0.3) is 0 Å². The van der Waals surface area contributed by atoms with Crippen molar-refractivity contribution >= 4 is 28.9 Å². The number of carboxylic acids is 1. The van der Waals surface area contributed by atoms with E-state index < -0.39 is 5.97 Å². The summed E-state index contributed by atoms with van der Waals surface area (Å²) in [6, 6.07) is 5.55. The van der Waals surface area contributed by atoms with Gasteiger partial charge in [-0.1, -0.05) is 18.5 Å². The van der Waals surface area contributed by atoms with Crippen LogP contribution in [0, 0.1) is 5.92 Å². The molecule has 4 rings (SSSR count). The van der Waals surface area contributed by atoms with Gasteiger partial charge in [0.2, 0.25) is 11.8 Å². The smallest absolute Gasteiger partial charge is 0.305 e. The van der Waals surface area contributed by atoms with E-state index >= 15 is 0 Å². The molecular formula is C24H31ClN4O5. The number of hydrogen-bond acceptors (Lipinski definition) is 8. The topological polar surface area (TPSA) is 97.2 Å². The van der Waals surface area contributed by atoms with E-state index in [2.05, 4.69) is 26.7 Å². The number of ether oxygens (including phenoxy) is 3. The first kappa shape index (κ1) is 24.3. The zero-order valence-electron chi connectivity index (χ0n) is 19.7. The predicted octanol–water partition coefficient (Wildman–Crippen LogP) is 3.50. The average Bonchev–Trinajstić information content (AvgIpc) is 3.23. The first-order chi connectivity index (χ1) is 16.4. The van der Waals surface area contributed by atoms with Crippen molar-refractivity contribution in [2.24, 2.45) is 5.92 Å². The number of halogens is 1. The molecule has 9 nitrogen and oxygen atoms in total. The summed E-state index contributed by atoms with van der Waals surface area (Å²) in [5.41, 5.74) is 1.79. The van der Waals surface area contributed by atoms with Crippen molar-refractivity contribution in [2.75, 3.05) is 43.7 Å². The molecule has 0 saturated carbocycles. The molecule has 2 aromatic heterocycles.